The molecule has 6 heteroatoms. The Hall–Kier alpha value is -4.19. The molecule has 0 amide bonds. The highest BCUT2D eigenvalue weighted by atomic mass is 19.1. The van der Waals surface area contributed by atoms with E-state index in [0.717, 1.165) is 11.1 Å². The largest absolute Gasteiger partial charge is 0.489 e. The minimum Gasteiger partial charge on any atom is -0.489 e. The third-order valence-corrected chi connectivity index (χ3v) is 5.31. The monoisotopic (exact) mass is 460 g/mol. The molecular formula is C28H22F2O4. The summed E-state index contributed by atoms with van der Waals surface area (Å²) in [5.41, 5.74) is 2.88. The lowest BCUT2D eigenvalue weighted by atomic mass is 9.91. The van der Waals surface area contributed by atoms with Crippen LogP contribution in [0.2, 0.25) is 0 Å². The van der Waals surface area contributed by atoms with Crippen LogP contribution in [0.25, 0.3) is 0 Å². The van der Waals surface area contributed by atoms with Crippen molar-refractivity contribution in [2.24, 2.45) is 0 Å². The molecular weight excluding hydrogens is 438 g/mol. The summed E-state index contributed by atoms with van der Waals surface area (Å²) in [6.45, 7) is 0.558. The Morgan fingerprint density at radius 1 is 0.618 bits per heavy atom. The summed E-state index contributed by atoms with van der Waals surface area (Å²) in [7, 11) is 0. The van der Waals surface area contributed by atoms with Gasteiger partial charge in [0, 0.05) is 0 Å². The number of benzene rings is 4. The van der Waals surface area contributed by atoms with E-state index in [0.29, 0.717) is 22.6 Å². The van der Waals surface area contributed by atoms with Crippen molar-refractivity contribution in [1.29, 1.82) is 0 Å². The molecule has 172 valence electrons. The van der Waals surface area contributed by atoms with Crippen molar-refractivity contribution >= 4 is 5.97 Å². The highest BCUT2D eigenvalue weighted by Gasteiger charge is 2.22. The summed E-state index contributed by atoms with van der Waals surface area (Å²) in [4.78, 5) is 12.0. The maximum absolute atomic E-state index is 13.0. The van der Waals surface area contributed by atoms with Gasteiger partial charge in [0.05, 0.1) is 0 Å². The van der Waals surface area contributed by atoms with Crippen LogP contribution in [0.15, 0.2) is 97.1 Å². The Labute approximate surface area is 196 Å². The van der Waals surface area contributed by atoms with Crippen molar-refractivity contribution in [3.63, 3.8) is 0 Å². The van der Waals surface area contributed by atoms with Gasteiger partial charge in [-0.3, -0.25) is 4.79 Å². The Kier molecular flexibility index (Phi) is 7.18. The molecule has 0 saturated heterocycles. The molecule has 0 heterocycles. The minimum absolute atomic E-state index is 0.279. The molecule has 4 rings (SSSR count). The average molecular weight is 460 g/mol. The second kappa shape index (κ2) is 10.6. The molecule has 0 atom stereocenters. The molecule has 34 heavy (non-hydrogen) atoms. The highest BCUT2D eigenvalue weighted by Crippen LogP contribution is 2.28. The van der Waals surface area contributed by atoms with Crippen LogP contribution in [0.4, 0.5) is 8.78 Å². The number of halogens is 2. The van der Waals surface area contributed by atoms with E-state index in [4.69, 9.17) is 9.47 Å². The molecule has 0 bridgehead atoms. The zero-order chi connectivity index (χ0) is 23.9. The lowest BCUT2D eigenvalue weighted by molar-refractivity contribution is -0.137. The van der Waals surface area contributed by atoms with Crippen LogP contribution in [0.1, 0.15) is 28.2 Å². The van der Waals surface area contributed by atoms with Crippen LogP contribution >= 0.6 is 0 Å². The average Bonchev–Trinajstić information content (AvgIpc) is 2.85. The van der Waals surface area contributed by atoms with Crippen LogP contribution in [0, 0.1) is 11.6 Å². The lowest BCUT2D eigenvalue weighted by Crippen LogP contribution is -2.13. The van der Waals surface area contributed by atoms with Crippen molar-refractivity contribution in [3.05, 3.63) is 131 Å². The molecule has 0 aliphatic rings. The highest BCUT2D eigenvalue weighted by molar-refractivity contribution is 5.80. The molecule has 0 radical (unpaired) electrons. The van der Waals surface area contributed by atoms with Gasteiger partial charge < -0.3 is 14.6 Å². The van der Waals surface area contributed by atoms with Crippen molar-refractivity contribution in [2.75, 3.05) is 0 Å². The van der Waals surface area contributed by atoms with Crippen molar-refractivity contribution in [2.45, 2.75) is 19.1 Å². The summed E-state index contributed by atoms with van der Waals surface area (Å²) in [6.07, 6.45) is 0. The molecule has 4 aromatic carbocycles. The smallest absolute Gasteiger partial charge is 0.315 e. The van der Waals surface area contributed by atoms with E-state index in [1.54, 1.807) is 72.8 Å². The number of aliphatic carboxylic acids is 1. The van der Waals surface area contributed by atoms with E-state index in [1.807, 2.05) is 0 Å². The van der Waals surface area contributed by atoms with E-state index in [9.17, 15) is 18.7 Å². The van der Waals surface area contributed by atoms with Gasteiger partial charge in [-0.1, -0.05) is 48.5 Å². The third kappa shape index (κ3) is 5.98. The number of carboxylic acids is 1. The summed E-state index contributed by atoms with van der Waals surface area (Å²) in [5.74, 6) is -1.26. The molecule has 1 N–H and O–H groups in total. The lowest BCUT2D eigenvalue weighted by Gasteiger charge is -2.15. The number of carboxylic acid groups (broad SMARTS) is 1. The van der Waals surface area contributed by atoms with Gasteiger partial charge in [0.25, 0.3) is 0 Å². The topological polar surface area (TPSA) is 55.8 Å². The summed E-state index contributed by atoms with van der Waals surface area (Å²) >= 11 is 0. The molecule has 0 saturated carbocycles. The number of ether oxygens (including phenoxy) is 2. The molecule has 0 aromatic heterocycles. The zero-order valence-electron chi connectivity index (χ0n) is 18.2. The van der Waals surface area contributed by atoms with Crippen LogP contribution in [0.3, 0.4) is 0 Å². The first kappa shape index (κ1) is 23.0. The molecule has 0 unspecified atom stereocenters. The summed E-state index contributed by atoms with van der Waals surface area (Å²) in [5, 5.41) is 9.84. The third-order valence-electron chi connectivity index (χ3n) is 5.31. The molecule has 4 nitrogen and oxygen atoms in total. The first-order chi connectivity index (χ1) is 16.5. The second-order valence-electron chi connectivity index (χ2n) is 7.74. The van der Waals surface area contributed by atoms with Gasteiger partial charge in [0.1, 0.15) is 42.3 Å². The van der Waals surface area contributed by atoms with E-state index in [-0.39, 0.29) is 24.8 Å². The zero-order valence-corrected chi connectivity index (χ0v) is 18.2. The first-order valence-electron chi connectivity index (χ1n) is 10.6. The first-order valence-corrected chi connectivity index (χ1v) is 10.6. The van der Waals surface area contributed by atoms with Gasteiger partial charge in [-0.15, -0.1) is 0 Å². The fourth-order valence-corrected chi connectivity index (χ4v) is 3.49. The minimum atomic E-state index is -0.972. The van der Waals surface area contributed by atoms with Gasteiger partial charge in [-0.2, -0.15) is 0 Å². The van der Waals surface area contributed by atoms with Gasteiger partial charge in [-0.25, -0.2) is 8.78 Å². The van der Waals surface area contributed by atoms with Crippen molar-refractivity contribution < 1.29 is 28.2 Å². The van der Waals surface area contributed by atoms with Crippen LogP contribution < -0.4 is 9.47 Å². The summed E-state index contributed by atoms with van der Waals surface area (Å²) < 4.78 is 37.4. The Morgan fingerprint density at radius 2 is 0.971 bits per heavy atom. The predicted octanol–water partition coefficient (Wildman–Crippen LogP) is 6.34. The van der Waals surface area contributed by atoms with Crippen LogP contribution in [0.5, 0.6) is 11.5 Å². The Balaban J connectivity index is 1.40. The van der Waals surface area contributed by atoms with E-state index >= 15 is 0 Å². The SMILES string of the molecule is O=C(O)C(c1ccc(OCc2ccc(F)cc2)cc1)c1ccc(OCc2ccc(F)cc2)cc1. The molecule has 0 fully saturated rings. The fourth-order valence-electron chi connectivity index (χ4n) is 3.49. The molecule has 0 spiro atoms. The van der Waals surface area contributed by atoms with E-state index in [2.05, 4.69) is 0 Å². The van der Waals surface area contributed by atoms with Gasteiger partial charge in [0.15, 0.2) is 0 Å². The van der Waals surface area contributed by atoms with E-state index < -0.39 is 11.9 Å². The number of carbonyl (C=O) groups is 1. The molecule has 0 aliphatic heterocycles. The second-order valence-corrected chi connectivity index (χ2v) is 7.74. The van der Waals surface area contributed by atoms with Gasteiger partial charge in [-0.05, 0) is 70.8 Å². The Morgan fingerprint density at radius 3 is 1.29 bits per heavy atom. The molecule has 4 aromatic rings. The maximum atomic E-state index is 13.0. The van der Waals surface area contributed by atoms with Crippen molar-refractivity contribution in [1.82, 2.24) is 0 Å². The van der Waals surface area contributed by atoms with Gasteiger partial charge >= 0.3 is 5.97 Å². The van der Waals surface area contributed by atoms with Crippen molar-refractivity contribution in [3.8, 4) is 11.5 Å². The number of hydrogen-bond donors (Lipinski definition) is 1. The quantitative estimate of drug-likeness (QED) is 0.317. The Bertz CT molecular complexity index is 1130. The fraction of sp³-hybridized carbons (Fsp3) is 0.107. The van der Waals surface area contributed by atoms with Gasteiger partial charge in [0.2, 0.25) is 0 Å². The summed E-state index contributed by atoms with van der Waals surface area (Å²) in [6, 6.07) is 25.8. The standard InChI is InChI=1S/C28H22F2O4/c29-23-9-1-19(2-10-23)17-33-25-13-5-21(6-14-25)27(28(31)32)22-7-15-26(16-8-22)34-18-20-3-11-24(30)12-4-20/h1-16,27H,17-18H2,(H,31,32). The maximum Gasteiger partial charge on any atom is 0.315 e. The number of hydrogen-bond acceptors (Lipinski definition) is 3. The van der Waals surface area contributed by atoms with Crippen LogP contribution in [-0.2, 0) is 18.0 Å². The predicted molar refractivity (Wildman–Crippen MR) is 124 cm³/mol. The van der Waals surface area contributed by atoms with Crippen LogP contribution in [-0.4, -0.2) is 11.1 Å². The molecule has 0 aliphatic carbocycles. The number of rotatable bonds is 9. The van der Waals surface area contributed by atoms with E-state index in [1.165, 1.54) is 24.3 Å². The normalized spacial score (nSPS) is 10.8.